The number of rotatable bonds is 6. The average Bonchev–Trinajstić information content (AvgIpc) is 3.54. The Morgan fingerprint density at radius 2 is 1.86 bits per heavy atom. The number of amides is 1. The molecule has 1 spiro atoms. The van der Waals surface area contributed by atoms with Crippen molar-refractivity contribution in [2.24, 2.45) is 11.8 Å². The minimum Gasteiger partial charge on any atom is -0.335 e. The highest BCUT2D eigenvalue weighted by atomic mass is 35.5. The quantitative estimate of drug-likeness (QED) is 0.399. The molecule has 2 fully saturated rings. The van der Waals surface area contributed by atoms with Gasteiger partial charge in [-0.1, -0.05) is 84.4 Å². The van der Waals surface area contributed by atoms with Crippen LogP contribution in [-0.2, 0) is 16.6 Å². The van der Waals surface area contributed by atoms with E-state index in [1.807, 2.05) is 18.2 Å². The van der Waals surface area contributed by atoms with Gasteiger partial charge in [0.15, 0.2) is 0 Å². The Balaban J connectivity index is 1.20. The Bertz CT molecular complexity index is 1290. The van der Waals surface area contributed by atoms with Gasteiger partial charge in [0.25, 0.3) is 0 Å². The maximum Gasteiger partial charge on any atom is 0.227 e. The summed E-state index contributed by atoms with van der Waals surface area (Å²) in [5.74, 6) is 0.694. The fourth-order valence-electron chi connectivity index (χ4n) is 6.77. The largest absolute Gasteiger partial charge is 0.335 e. The number of nitrogens with one attached hydrogen (secondary N) is 1. The van der Waals surface area contributed by atoms with E-state index >= 15 is 0 Å². The third-order valence-corrected chi connectivity index (χ3v) is 8.93. The topological polar surface area (TPSA) is 45.2 Å². The first-order chi connectivity index (χ1) is 18.1. The van der Waals surface area contributed by atoms with Crippen molar-refractivity contribution in [3.8, 4) is 0 Å². The van der Waals surface area contributed by atoms with Crippen molar-refractivity contribution in [3.05, 3.63) is 106 Å². The number of allylic oxidation sites excluding steroid dienone is 1. The van der Waals surface area contributed by atoms with Gasteiger partial charge in [0.05, 0.1) is 12.0 Å². The van der Waals surface area contributed by atoms with E-state index in [9.17, 15) is 4.79 Å². The van der Waals surface area contributed by atoms with Gasteiger partial charge in [0.2, 0.25) is 5.91 Å². The van der Waals surface area contributed by atoms with Crippen LogP contribution in [0.4, 0.5) is 0 Å². The molecule has 0 saturated carbocycles. The van der Waals surface area contributed by atoms with Crippen molar-refractivity contribution < 1.29 is 4.79 Å². The maximum atomic E-state index is 14.2. The molecule has 3 heterocycles. The Morgan fingerprint density at radius 3 is 2.73 bits per heavy atom. The molecule has 2 unspecified atom stereocenters. The SMILES string of the molecule is O=C([C@@H]1CNC[C@@H]1CCCc1cccc(Cl)n1)N1CCC2(C=Cc3ccccc32)CC1c1ccccc1. The zero-order chi connectivity index (χ0) is 25.2. The summed E-state index contributed by atoms with van der Waals surface area (Å²) < 4.78 is 0. The van der Waals surface area contributed by atoms with E-state index in [4.69, 9.17) is 11.6 Å². The summed E-state index contributed by atoms with van der Waals surface area (Å²) in [6.07, 6.45) is 9.50. The van der Waals surface area contributed by atoms with Crippen molar-refractivity contribution in [1.82, 2.24) is 15.2 Å². The normalized spacial score (nSPS) is 26.5. The van der Waals surface area contributed by atoms with Crippen LogP contribution < -0.4 is 5.32 Å². The van der Waals surface area contributed by atoms with Gasteiger partial charge in [-0.05, 0) is 73.4 Å². The van der Waals surface area contributed by atoms with Gasteiger partial charge in [-0.25, -0.2) is 4.98 Å². The molecule has 2 aromatic carbocycles. The second kappa shape index (κ2) is 10.4. The average molecular weight is 512 g/mol. The lowest BCUT2D eigenvalue weighted by Gasteiger charge is -2.46. The number of carbonyl (C=O) groups is 1. The Morgan fingerprint density at radius 1 is 1.03 bits per heavy atom. The van der Waals surface area contributed by atoms with Crippen molar-refractivity contribution in [2.45, 2.75) is 43.6 Å². The lowest BCUT2D eigenvalue weighted by molar-refractivity contribution is -0.141. The van der Waals surface area contributed by atoms with Crippen LogP contribution in [-0.4, -0.2) is 35.4 Å². The second-order valence-electron chi connectivity index (χ2n) is 10.9. The van der Waals surface area contributed by atoms with Gasteiger partial charge in [-0.3, -0.25) is 4.79 Å². The molecule has 3 aromatic rings. The Kier molecular flexibility index (Phi) is 6.88. The molecule has 1 amide bonds. The molecule has 0 radical (unpaired) electrons. The van der Waals surface area contributed by atoms with E-state index in [2.05, 4.69) is 82.0 Å². The van der Waals surface area contributed by atoms with E-state index in [-0.39, 0.29) is 17.4 Å². The van der Waals surface area contributed by atoms with Crippen LogP contribution in [0, 0.1) is 11.8 Å². The molecule has 4 atom stereocenters. The Hall–Kier alpha value is -2.95. The zero-order valence-electron chi connectivity index (χ0n) is 21.2. The van der Waals surface area contributed by atoms with Gasteiger partial charge in [-0.2, -0.15) is 0 Å². The number of hydrogen-bond donors (Lipinski definition) is 1. The van der Waals surface area contributed by atoms with Crippen LogP contribution in [0.5, 0.6) is 0 Å². The first-order valence-corrected chi connectivity index (χ1v) is 14.0. The molecule has 1 aromatic heterocycles. The van der Waals surface area contributed by atoms with Crippen molar-refractivity contribution in [1.29, 1.82) is 0 Å². The van der Waals surface area contributed by atoms with Gasteiger partial charge < -0.3 is 10.2 Å². The third kappa shape index (κ3) is 4.85. The predicted octanol–water partition coefficient (Wildman–Crippen LogP) is 6.22. The molecule has 1 N–H and O–H groups in total. The van der Waals surface area contributed by atoms with Crippen LogP contribution >= 0.6 is 11.6 Å². The molecule has 2 saturated heterocycles. The number of aryl methyl sites for hydroxylation is 1. The standard InChI is InChI=1S/C32H34ClN3O/c33-30-15-7-13-26(35-30)12-6-11-25-21-34-22-27(25)31(37)36-19-18-32(17-16-23-8-4-5-14-28(23)32)20-29(36)24-9-2-1-3-10-24/h1-5,7-10,13-17,25,27,29,34H,6,11-12,18-22H2/t25-,27+,29?,32?/m0/s1. The summed E-state index contributed by atoms with van der Waals surface area (Å²) in [6.45, 7) is 2.46. The molecule has 4 nitrogen and oxygen atoms in total. The minimum atomic E-state index is 0.00513. The first kappa shape index (κ1) is 24.4. The van der Waals surface area contributed by atoms with Gasteiger partial charge in [0.1, 0.15) is 5.15 Å². The van der Waals surface area contributed by atoms with Crippen molar-refractivity contribution >= 4 is 23.6 Å². The van der Waals surface area contributed by atoms with Crippen molar-refractivity contribution in [2.75, 3.05) is 19.6 Å². The number of hydrogen-bond acceptors (Lipinski definition) is 3. The lowest BCUT2D eigenvalue weighted by Crippen LogP contribution is -2.49. The molecular formula is C32H34ClN3O. The smallest absolute Gasteiger partial charge is 0.227 e. The van der Waals surface area contributed by atoms with Gasteiger partial charge >= 0.3 is 0 Å². The minimum absolute atomic E-state index is 0.00513. The third-order valence-electron chi connectivity index (χ3n) is 8.72. The van der Waals surface area contributed by atoms with Crippen LogP contribution in [0.1, 0.15) is 54.1 Å². The molecule has 190 valence electrons. The lowest BCUT2D eigenvalue weighted by atomic mass is 9.70. The summed E-state index contributed by atoms with van der Waals surface area (Å²) >= 11 is 6.06. The Labute approximate surface area is 224 Å². The molecule has 3 aliphatic rings. The molecule has 5 heteroatoms. The van der Waals surface area contributed by atoms with Crippen LogP contribution in [0.2, 0.25) is 5.15 Å². The molecule has 2 aliphatic heterocycles. The molecule has 0 bridgehead atoms. The molecule has 1 aliphatic carbocycles. The van der Waals surface area contributed by atoms with E-state index < -0.39 is 0 Å². The van der Waals surface area contributed by atoms with E-state index in [0.29, 0.717) is 17.0 Å². The number of piperidine rings is 1. The van der Waals surface area contributed by atoms with Crippen LogP contribution in [0.15, 0.2) is 78.9 Å². The number of pyridine rings is 1. The van der Waals surface area contributed by atoms with E-state index in [1.54, 1.807) is 0 Å². The number of likely N-dealkylation sites (tertiary alicyclic amines) is 1. The summed E-state index contributed by atoms with van der Waals surface area (Å²) in [5.41, 5.74) is 5.01. The molecular weight excluding hydrogens is 478 g/mol. The van der Waals surface area contributed by atoms with Gasteiger partial charge in [0, 0.05) is 24.2 Å². The van der Waals surface area contributed by atoms with E-state index in [1.165, 1.54) is 16.7 Å². The highest BCUT2D eigenvalue weighted by Crippen LogP contribution is 2.50. The maximum absolute atomic E-state index is 14.2. The number of benzene rings is 2. The highest BCUT2D eigenvalue weighted by molar-refractivity contribution is 6.29. The number of fused-ring (bicyclic) bond motifs is 2. The second-order valence-corrected chi connectivity index (χ2v) is 11.2. The predicted molar refractivity (Wildman–Crippen MR) is 149 cm³/mol. The fourth-order valence-corrected chi connectivity index (χ4v) is 6.96. The molecule has 37 heavy (non-hydrogen) atoms. The van der Waals surface area contributed by atoms with Crippen molar-refractivity contribution in [3.63, 3.8) is 0 Å². The summed E-state index contributed by atoms with van der Waals surface area (Å²) in [5, 5.41) is 4.07. The fraction of sp³-hybridized carbons (Fsp3) is 0.375. The molecule has 6 rings (SSSR count). The van der Waals surface area contributed by atoms with E-state index in [0.717, 1.165) is 57.4 Å². The van der Waals surface area contributed by atoms with Gasteiger partial charge in [-0.15, -0.1) is 0 Å². The summed E-state index contributed by atoms with van der Waals surface area (Å²) in [4.78, 5) is 20.8. The number of nitrogens with zero attached hydrogens (tertiary/aromatic N) is 2. The number of halogens is 1. The van der Waals surface area contributed by atoms with Crippen LogP contribution in [0.25, 0.3) is 6.08 Å². The zero-order valence-corrected chi connectivity index (χ0v) is 21.9. The highest BCUT2D eigenvalue weighted by Gasteiger charge is 2.46. The first-order valence-electron chi connectivity index (χ1n) is 13.6. The monoisotopic (exact) mass is 511 g/mol. The summed E-state index contributed by atoms with van der Waals surface area (Å²) in [7, 11) is 0. The number of carbonyl (C=O) groups excluding carboxylic acids is 1. The van der Waals surface area contributed by atoms with Crippen LogP contribution in [0.3, 0.4) is 0 Å². The number of aromatic nitrogens is 1. The summed E-state index contributed by atoms with van der Waals surface area (Å²) in [6, 6.07) is 25.3.